The maximum absolute atomic E-state index is 14.5. The van der Waals surface area contributed by atoms with Crippen molar-refractivity contribution in [1.82, 2.24) is 9.97 Å². The van der Waals surface area contributed by atoms with Gasteiger partial charge in [-0.25, -0.2) is 19.6 Å². The molecule has 0 spiro atoms. The molecule has 6 aromatic rings. The maximum Gasteiger partial charge on any atom is 0.573 e. The number of carbonyl (C=O) groups excluding carboxylic acids is 2. The molecule has 0 saturated heterocycles. The number of hydrogen-bond acceptors (Lipinski definition) is 10. The van der Waals surface area contributed by atoms with E-state index in [0.717, 1.165) is 48.5 Å². The molecule has 10 nitrogen and oxygen atoms in total. The van der Waals surface area contributed by atoms with Gasteiger partial charge >= 0.3 is 37.0 Å². The predicted molar refractivity (Wildman–Crippen MR) is 199 cm³/mol. The molecule has 0 aliphatic rings. The second-order valence-electron chi connectivity index (χ2n) is 13.4. The summed E-state index contributed by atoms with van der Waals surface area (Å²) in [6.07, 6.45) is -20.5. The number of hydrogen-bond donors (Lipinski definition) is 2. The second kappa shape index (κ2) is 19.0. The van der Waals surface area contributed by atoms with E-state index in [4.69, 9.17) is 9.47 Å². The Bertz CT molecular complexity index is 2390. The average molecular weight is 919 g/mol. The fraction of sp³-hybridized carbons (Fsp3) is 0.238. The van der Waals surface area contributed by atoms with Gasteiger partial charge in [0, 0.05) is 36.4 Å². The van der Waals surface area contributed by atoms with Crippen LogP contribution in [0, 0.1) is 0 Å². The fourth-order valence-corrected chi connectivity index (χ4v) is 6.37. The Balaban J connectivity index is 0.00000118. The second-order valence-corrected chi connectivity index (χ2v) is 13.4. The van der Waals surface area contributed by atoms with Gasteiger partial charge < -0.3 is 29.2 Å². The molecule has 2 atom stereocenters. The molecular weight excluding hydrogens is 888 g/mol. The zero-order valence-electron chi connectivity index (χ0n) is 32.1. The number of nitrogens with zero attached hydrogens (tertiary/aromatic N) is 2. The van der Waals surface area contributed by atoms with Gasteiger partial charge in [0.15, 0.2) is 11.2 Å². The van der Waals surface area contributed by atoms with Crippen molar-refractivity contribution in [2.24, 2.45) is 0 Å². The standard InChI is InChI=1S/C38H26F12O8.C4H4N2/c39-35(40,41)33(53,29-25-10-3-1-6-21(25)12-14-27(29)57-37(45,46)47)16-18-55-31(51)23-8-5-9-24(20-23)32(52)56-19-17-34(54,36(42,43)44)30-26-11-4-2-7-22(26)13-15-28(30)58-38(48,49)50;1-2-5-4-6-3-1/h1-15,20,53-54H,16-19H2;1-4H. The van der Waals surface area contributed by atoms with Crippen molar-refractivity contribution >= 4 is 33.5 Å². The SMILES string of the molecule is O=C(OCCC(O)(c1c(OC(F)(F)F)ccc2ccccc12)C(F)(F)F)c1cccc(C(=O)OCCC(O)(c2c(OC(F)(F)F)ccc3ccccc23)C(F)(F)F)c1.c1cncnc1. The van der Waals surface area contributed by atoms with Crippen LogP contribution in [0.4, 0.5) is 52.7 Å². The number of esters is 2. The average Bonchev–Trinajstić information content (AvgIpc) is 3.22. The minimum absolute atomic E-state index is 0.00717. The van der Waals surface area contributed by atoms with Crippen molar-refractivity contribution in [2.45, 2.75) is 49.1 Å². The van der Waals surface area contributed by atoms with Crippen LogP contribution in [0.25, 0.3) is 21.5 Å². The molecule has 0 aliphatic carbocycles. The molecule has 1 aromatic heterocycles. The zero-order valence-corrected chi connectivity index (χ0v) is 32.1. The summed E-state index contributed by atoms with van der Waals surface area (Å²) in [5.74, 6) is -5.62. The molecule has 5 aromatic carbocycles. The van der Waals surface area contributed by atoms with Crippen LogP contribution in [0.3, 0.4) is 0 Å². The molecule has 6 rings (SSSR count). The highest BCUT2D eigenvalue weighted by atomic mass is 19.4. The maximum atomic E-state index is 14.5. The van der Waals surface area contributed by atoms with Gasteiger partial charge in [-0.3, -0.25) is 0 Å². The summed E-state index contributed by atoms with van der Waals surface area (Å²) < 4.78 is 184. The van der Waals surface area contributed by atoms with Crippen molar-refractivity contribution in [3.05, 3.63) is 144 Å². The fourth-order valence-electron chi connectivity index (χ4n) is 6.37. The molecule has 0 saturated carbocycles. The van der Waals surface area contributed by atoms with Gasteiger partial charge in [-0.05, 0) is 57.9 Å². The highest BCUT2D eigenvalue weighted by Gasteiger charge is 2.58. The number of rotatable bonds is 12. The topological polar surface area (TPSA) is 137 Å². The van der Waals surface area contributed by atoms with E-state index in [9.17, 15) is 72.5 Å². The Morgan fingerprint density at radius 1 is 0.500 bits per heavy atom. The third-order valence-corrected chi connectivity index (χ3v) is 9.20. The third-order valence-electron chi connectivity index (χ3n) is 9.20. The van der Waals surface area contributed by atoms with Crippen LogP contribution in [0.1, 0.15) is 44.7 Å². The van der Waals surface area contributed by atoms with Crippen LogP contribution >= 0.6 is 0 Å². The van der Waals surface area contributed by atoms with E-state index >= 15 is 0 Å². The normalized spacial score (nSPS) is 14.1. The van der Waals surface area contributed by atoms with E-state index in [-0.39, 0.29) is 10.8 Å². The molecule has 0 aliphatic heterocycles. The monoisotopic (exact) mass is 918 g/mol. The lowest BCUT2D eigenvalue weighted by atomic mass is 9.85. The molecule has 0 bridgehead atoms. The Labute approximate surface area is 352 Å². The first-order valence-electron chi connectivity index (χ1n) is 18.1. The van der Waals surface area contributed by atoms with Crippen LogP contribution in [0.5, 0.6) is 11.5 Å². The lowest BCUT2D eigenvalue weighted by molar-refractivity contribution is -0.284. The molecule has 0 radical (unpaired) electrons. The summed E-state index contributed by atoms with van der Waals surface area (Å²) in [6.45, 7) is -2.55. The van der Waals surface area contributed by atoms with Crippen LogP contribution in [0.2, 0.25) is 0 Å². The highest BCUT2D eigenvalue weighted by molar-refractivity contribution is 5.95. The van der Waals surface area contributed by atoms with E-state index in [1.54, 1.807) is 18.5 Å². The Morgan fingerprint density at radius 3 is 1.22 bits per heavy atom. The molecular formula is C42H30F12N2O8. The van der Waals surface area contributed by atoms with Gasteiger partial charge in [-0.15, -0.1) is 26.3 Å². The van der Waals surface area contributed by atoms with Gasteiger partial charge in [0.2, 0.25) is 0 Å². The van der Waals surface area contributed by atoms with Crippen LogP contribution < -0.4 is 9.47 Å². The quantitative estimate of drug-likeness (QED) is 0.0902. The third kappa shape index (κ3) is 11.5. The van der Waals surface area contributed by atoms with Crippen molar-refractivity contribution in [3.63, 3.8) is 0 Å². The van der Waals surface area contributed by atoms with E-state index in [1.165, 1.54) is 42.7 Å². The minimum Gasteiger partial charge on any atom is -0.462 e. The van der Waals surface area contributed by atoms with E-state index in [1.807, 2.05) is 0 Å². The first kappa shape index (κ1) is 48.4. The Hall–Kier alpha value is -6.68. The molecule has 2 unspecified atom stereocenters. The summed E-state index contributed by atoms with van der Waals surface area (Å²) in [5, 5.41) is 21.1. The van der Waals surface area contributed by atoms with Crippen molar-refractivity contribution < 1.29 is 91.4 Å². The lowest BCUT2D eigenvalue weighted by Crippen LogP contribution is -2.44. The number of alkyl halides is 12. The van der Waals surface area contributed by atoms with Gasteiger partial charge in [0.05, 0.1) is 24.3 Å². The number of aliphatic hydroxyl groups is 2. The smallest absolute Gasteiger partial charge is 0.462 e. The van der Waals surface area contributed by atoms with Crippen molar-refractivity contribution in [1.29, 1.82) is 0 Å². The van der Waals surface area contributed by atoms with Crippen LogP contribution in [-0.2, 0) is 20.7 Å². The Morgan fingerprint density at radius 2 is 0.891 bits per heavy atom. The molecule has 64 heavy (non-hydrogen) atoms. The number of ether oxygens (including phenoxy) is 4. The molecule has 2 N–H and O–H groups in total. The molecule has 340 valence electrons. The van der Waals surface area contributed by atoms with Crippen LogP contribution in [0.15, 0.2) is 122 Å². The zero-order chi connectivity index (χ0) is 47.1. The summed E-state index contributed by atoms with van der Waals surface area (Å²) >= 11 is 0. The molecule has 1 heterocycles. The number of halogens is 12. The van der Waals surface area contributed by atoms with Gasteiger partial charge in [0.25, 0.3) is 0 Å². The first-order valence-corrected chi connectivity index (χ1v) is 18.1. The summed E-state index contributed by atoms with van der Waals surface area (Å²) in [4.78, 5) is 33.0. The van der Waals surface area contributed by atoms with Crippen molar-refractivity contribution in [3.8, 4) is 11.5 Å². The first-order chi connectivity index (χ1) is 29.8. The number of carbonyl (C=O) groups is 2. The summed E-state index contributed by atoms with van der Waals surface area (Å²) in [6, 6.07) is 18.4. The molecule has 0 amide bonds. The van der Waals surface area contributed by atoms with Gasteiger partial charge in [-0.1, -0.05) is 66.7 Å². The predicted octanol–water partition coefficient (Wildman–Crippen LogP) is 10.3. The molecule has 22 heteroatoms. The number of fused-ring (bicyclic) bond motifs is 2. The van der Waals surface area contributed by atoms with Gasteiger partial charge in [0.1, 0.15) is 17.8 Å². The van der Waals surface area contributed by atoms with E-state index < -0.39 is 119 Å². The minimum atomic E-state index is -5.67. The number of benzene rings is 5. The lowest BCUT2D eigenvalue weighted by Gasteiger charge is -2.33. The Kier molecular flexibility index (Phi) is 14.3. The van der Waals surface area contributed by atoms with Crippen LogP contribution in [-0.4, -0.2) is 70.4 Å². The summed E-state index contributed by atoms with van der Waals surface area (Å²) in [5.41, 5.74) is -11.9. The summed E-state index contributed by atoms with van der Waals surface area (Å²) in [7, 11) is 0. The molecule has 0 fully saturated rings. The van der Waals surface area contributed by atoms with E-state index in [0.29, 0.717) is 12.1 Å². The van der Waals surface area contributed by atoms with Gasteiger partial charge in [-0.2, -0.15) is 26.3 Å². The highest BCUT2D eigenvalue weighted by Crippen LogP contribution is 2.50. The van der Waals surface area contributed by atoms with Crippen molar-refractivity contribution in [2.75, 3.05) is 13.2 Å². The largest absolute Gasteiger partial charge is 0.573 e. The number of aromatic nitrogens is 2. The van der Waals surface area contributed by atoms with E-state index in [2.05, 4.69) is 19.4 Å².